The summed E-state index contributed by atoms with van der Waals surface area (Å²) in [7, 11) is 0. The first-order chi connectivity index (χ1) is 12.9. The second-order valence-corrected chi connectivity index (χ2v) is 5.77. The van der Waals surface area contributed by atoms with Crippen LogP contribution in [0.2, 0.25) is 0 Å². The van der Waals surface area contributed by atoms with Gasteiger partial charge in [0, 0.05) is 20.3 Å². The van der Waals surface area contributed by atoms with E-state index in [0.717, 1.165) is 0 Å². The lowest BCUT2D eigenvalue weighted by atomic mass is 10.2. The number of carbonyl (C=O) groups is 3. The lowest BCUT2D eigenvalue weighted by Crippen LogP contribution is -2.29. The molecule has 0 radical (unpaired) electrons. The zero-order valence-corrected chi connectivity index (χ0v) is 14.5. The van der Waals surface area contributed by atoms with E-state index < -0.39 is 30.3 Å². The number of aliphatic hydroxyl groups excluding tert-OH is 1. The first-order valence-corrected chi connectivity index (χ1v) is 7.99. The van der Waals surface area contributed by atoms with E-state index in [9.17, 15) is 19.5 Å². The summed E-state index contributed by atoms with van der Waals surface area (Å²) < 4.78 is 17.3. The molecule has 144 valence electrons. The van der Waals surface area contributed by atoms with Gasteiger partial charge in [0.05, 0.1) is 12.9 Å². The van der Waals surface area contributed by atoms with E-state index in [1.165, 1.54) is 24.7 Å². The van der Waals surface area contributed by atoms with Crippen molar-refractivity contribution in [3.8, 4) is 5.88 Å². The molecule has 27 heavy (non-hydrogen) atoms. The van der Waals surface area contributed by atoms with Gasteiger partial charge in [-0.25, -0.2) is 4.98 Å². The molecule has 12 nitrogen and oxygen atoms in total. The number of imidazole rings is 1. The van der Waals surface area contributed by atoms with Gasteiger partial charge in [-0.3, -0.25) is 24.3 Å². The number of carbonyl (C=O) groups excluding carboxylic acids is 3. The Hall–Kier alpha value is -3.12. The molecule has 2 N–H and O–H groups in total. The maximum Gasteiger partial charge on any atom is 0.302 e. The maximum absolute atomic E-state index is 11.3. The molecule has 1 saturated heterocycles. The maximum atomic E-state index is 11.3. The molecule has 12 heteroatoms. The SMILES string of the molecule is CC(=O)Nc1nc(OC=O)c2ncn(C3CC(OC(C)=O)C(CO)O3)c2n1. The van der Waals surface area contributed by atoms with Crippen molar-refractivity contribution < 1.29 is 33.7 Å². The summed E-state index contributed by atoms with van der Waals surface area (Å²) in [5.74, 6) is -1.12. The van der Waals surface area contributed by atoms with Gasteiger partial charge in [0.1, 0.15) is 18.4 Å². The van der Waals surface area contributed by atoms with E-state index in [4.69, 9.17) is 14.2 Å². The average molecular weight is 379 g/mol. The molecule has 1 aliphatic rings. The summed E-state index contributed by atoms with van der Waals surface area (Å²) >= 11 is 0. The minimum Gasteiger partial charge on any atom is -0.460 e. The third-order valence-corrected chi connectivity index (χ3v) is 3.83. The van der Waals surface area contributed by atoms with Crippen molar-refractivity contribution in [1.29, 1.82) is 0 Å². The Morgan fingerprint density at radius 2 is 2.22 bits per heavy atom. The highest BCUT2D eigenvalue weighted by Gasteiger charge is 2.39. The molecular formula is C15H17N5O7. The van der Waals surface area contributed by atoms with Crippen LogP contribution < -0.4 is 10.1 Å². The van der Waals surface area contributed by atoms with Gasteiger partial charge in [-0.2, -0.15) is 9.97 Å². The summed E-state index contributed by atoms with van der Waals surface area (Å²) in [5, 5.41) is 11.9. The topological polar surface area (TPSA) is 155 Å². The standard InChI is InChI=1S/C15H17N5O7/c1-7(23)17-15-18-13-12(14(19-15)25-6-22)16-5-20(13)11-3-9(26-8(2)24)10(4-21)27-11/h5-6,9-11,21H,3-4H2,1-2H3,(H,17,18,19,23). The zero-order chi connectivity index (χ0) is 19.6. The van der Waals surface area contributed by atoms with Crippen LogP contribution in [0.5, 0.6) is 5.88 Å². The number of aromatic nitrogens is 4. The minimum atomic E-state index is -0.710. The fraction of sp³-hybridized carbons (Fsp3) is 0.467. The van der Waals surface area contributed by atoms with Gasteiger partial charge in [0.15, 0.2) is 11.2 Å². The Morgan fingerprint density at radius 3 is 2.85 bits per heavy atom. The van der Waals surface area contributed by atoms with Crippen molar-refractivity contribution in [2.45, 2.75) is 38.7 Å². The van der Waals surface area contributed by atoms with Crippen LogP contribution in [0.25, 0.3) is 11.2 Å². The highest BCUT2D eigenvalue weighted by molar-refractivity contribution is 5.88. The van der Waals surface area contributed by atoms with Gasteiger partial charge >= 0.3 is 5.97 Å². The van der Waals surface area contributed by atoms with E-state index >= 15 is 0 Å². The molecule has 1 fully saturated rings. The quantitative estimate of drug-likeness (QED) is 0.497. The number of amides is 1. The Morgan fingerprint density at radius 1 is 1.44 bits per heavy atom. The number of anilines is 1. The monoisotopic (exact) mass is 379 g/mol. The lowest BCUT2D eigenvalue weighted by Gasteiger charge is -2.15. The van der Waals surface area contributed by atoms with Crippen LogP contribution >= 0.6 is 0 Å². The number of nitrogens with one attached hydrogen (secondary N) is 1. The molecule has 0 aromatic carbocycles. The van der Waals surface area contributed by atoms with Gasteiger partial charge in [-0.15, -0.1) is 0 Å². The van der Waals surface area contributed by atoms with E-state index in [1.807, 2.05) is 0 Å². The number of rotatable bonds is 6. The molecule has 0 bridgehead atoms. The number of ether oxygens (including phenoxy) is 3. The highest BCUT2D eigenvalue weighted by atomic mass is 16.6. The van der Waals surface area contributed by atoms with Gasteiger partial charge < -0.3 is 19.3 Å². The summed E-state index contributed by atoms with van der Waals surface area (Å²) in [6.07, 6.45) is -0.361. The number of fused-ring (bicyclic) bond motifs is 1. The van der Waals surface area contributed by atoms with Crippen molar-refractivity contribution in [3.63, 3.8) is 0 Å². The Balaban J connectivity index is 1.99. The van der Waals surface area contributed by atoms with Crippen LogP contribution in [0.4, 0.5) is 5.95 Å². The Kier molecular flexibility index (Phi) is 5.28. The second-order valence-electron chi connectivity index (χ2n) is 5.77. The third kappa shape index (κ3) is 3.85. The first kappa shape index (κ1) is 18.7. The van der Waals surface area contributed by atoms with Crippen LogP contribution in [0.15, 0.2) is 6.33 Å². The van der Waals surface area contributed by atoms with Crippen molar-refractivity contribution in [1.82, 2.24) is 19.5 Å². The molecule has 3 rings (SSSR count). The molecule has 3 atom stereocenters. The molecular weight excluding hydrogens is 362 g/mol. The molecule has 0 spiro atoms. The van der Waals surface area contributed by atoms with Crippen molar-refractivity contribution in [2.75, 3.05) is 11.9 Å². The second kappa shape index (κ2) is 7.63. The molecule has 3 heterocycles. The number of hydrogen-bond donors (Lipinski definition) is 2. The van der Waals surface area contributed by atoms with E-state index in [-0.39, 0.29) is 42.5 Å². The molecule has 2 aromatic heterocycles. The normalized spacial score (nSPS) is 21.8. The molecule has 0 saturated carbocycles. The molecule has 1 aliphatic heterocycles. The molecule has 3 unspecified atom stereocenters. The molecule has 2 aromatic rings. The smallest absolute Gasteiger partial charge is 0.302 e. The summed E-state index contributed by atoms with van der Waals surface area (Å²) in [6.45, 7) is 2.39. The minimum absolute atomic E-state index is 0.0816. The van der Waals surface area contributed by atoms with E-state index in [0.29, 0.717) is 0 Å². The molecule has 0 aliphatic carbocycles. The lowest BCUT2D eigenvalue weighted by molar-refractivity contribution is -0.150. The van der Waals surface area contributed by atoms with Crippen LogP contribution in [-0.4, -0.2) is 61.8 Å². The van der Waals surface area contributed by atoms with E-state index in [1.54, 1.807) is 0 Å². The average Bonchev–Trinajstić information content (AvgIpc) is 3.17. The van der Waals surface area contributed by atoms with Crippen LogP contribution in [0.3, 0.4) is 0 Å². The van der Waals surface area contributed by atoms with Crippen LogP contribution in [-0.2, 0) is 23.9 Å². The Labute approximate surface area is 152 Å². The predicted molar refractivity (Wildman–Crippen MR) is 87.5 cm³/mol. The fourth-order valence-corrected chi connectivity index (χ4v) is 2.81. The van der Waals surface area contributed by atoms with Crippen molar-refractivity contribution >= 4 is 35.5 Å². The van der Waals surface area contributed by atoms with Gasteiger partial charge in [0.2, 0.25) is 11.9 Å². The highest BCUT2D eigenvalue weighted by Crippen LogP contribution is 2.34. The first-order valence-electron chi connectivity index (χ1n) is 7.99. The van der Waals surface area contributed by atoms with E-state index in [2.05, 4.69) is 20.3 Å². The van der Waals surface area contributed by atoms with Crippen LogP contribution in [0, 0.1) is 0 Å². The summed E-state index contributed by atoms with van der Waals surface area (Å²) in [6, 6.07) is 0. The van der Waals surface area contributed by atoms with Gasteiger partial charge in [-0.05, 0) is 0 Å². The fourth-order valence-electron chi connectivity index (χ4n) is 2.81. The Bertz CT molecular complexity index is 883. The zero-order valence-electron chi connectivity index (χ0n) is 14.5. The van der Waals surface area contributed by atoms with Crippen molar-refractivity contribution in [2.24, 2.45) is 0 Å². The summed E-state index contributed by atoms with van der Waals surface area (Å²) in [5.41, 5.74) is 0.409. The summed E-state index contributed by atoms with van der Waals surface area (Å²) in [4.78, 5) is 45.6. The number of nitrogens with zero attached hydrogens (tertiary/aromatic N) is 4. The third-order valence-electron chi connectivity index (χ3n) is 3.83. The van der Waals surface area contributed by atoms with Crippen LogP contribution in [0.1, 0.15) is 26.5 Å². The number of hydrogen-bond acceptors (Lipinski definition) is 10. The van der Waals surface area contributed by atoms with Gasteiger partial charge in [0.25, 0.3) is 12.4 Å². The van der Waals surface area contributed by atoms with Crippen molar-refractivity contribution in [3.05, 3.63) is 6.33 Å². The number of aliphatic hydroxyl groups is 1. The molecule has 1 amide bonds. The largest absolute Gasteiger partial charge is 0.460 e. The predicted octanol–water partition coefficient (Wildman–Crippen LogP) is -0.469. The number of esters is 1. The van der Waals surface area contributed by atoms with Gasteiger partial charge in [-0.1, -0.05) is 0 Å².